The standard InChI is InChI=1S/C17H26N2O2/c1-14(19-11-5-3-4-6-12-19)17(20)18-13-15-7-9-16(21-2)10-8-15/h7-10,14H,3-6,11-13H2,1-2H3,(H,18,20)/t14-/m1/s1. The molecular formula is C17H26N2O2. The Labute approximate surface area is 127 Å². The van der Waals surface area contributed by atoms with Gasteiger partial charge in [-0.3, -0.25) is 9.69 Å². The van der Waals surface area contributed by atoms with Crippen LogP contribution in [0.2, 0.25) is 0 Å². The molecule has 0 aromatic heterocycles. The lowest BCUT2D eigenvalue weighted by molar-refractivity contribution is -0.126. The number of likely N-dealkylation sites (tertiary alicyclic amines) is 1. The Morgan fingerprint density at radius 1 is 1.19 bits per heavy atom. The molecule has 0 aliphatic carbocycles. The fourth-order valence-corrected chi connectivity index (χ4v) is 2.73. The first kappa shape index (κ1) is 15.8. The lowest BCUT2D eigenvalue weighted by atomic mass is 10.2. The second kappa shape index (κ2) is 8.03. The van der Waals surface area contributed by atoms with Gasteiger partial charge in [-0.15, -0.1) is 0 Å². The summed E-state index contributed by atoms with van der Waals surface area (Å²) >= 11 is 0. The molecule has 1 aliphatic heterocycles. The van der Waals surface area contributed by atoms with Crippen molar-refractivity contribution in [1.29, 1.82) is 0 Å². The Hall–Kier alpha value is -1.55. The fraction of sp³-hybridized carbons (Fsp3) is 0.588. The summed E-state index contributed by atoms with van der Waals surface area (Å²) in [5.41, 5.74) is 1.09. The van der Waals surface area contributed by atoms with Crippen LogP contribution in [0.3, 0.4) is 0 Å². The molecule has 4 nitrogen and oxygen atoms in total. The van der Waals surface area contributed by atoms with Crippen LogP contribution in [-0.2, 0) is 11.3 Å². The van der Waals surface area contributed by atoms with Gasteiger partial charge in [-0.1, -0.05) is 25.0 Å². The summed E-state index contributed by atoms with van der Waals surface area (Å²) in [6.07, 6.45) is 4.99. The molecule has 0 saturated carbocycles. The van der Waals surface area contributed by atoms with Crippen LogP contribution in [0.5, 0.6) is 5.75 Å². The van der Waals surface area contributed by atoms with Crippen molar-refractivity contribution in [1.82, 2.24) is 10.2 Å². The predicted molar refractivity (Wildman–Crippen MR) is 84.3 cm³/mol. The van der Waals surface area contributed by atoms with Gasteiger partial charge in [0, 0.05) is 6.54 Å². The molecule has 1 saturated heterocycles. The van der Waals surface area contributed by atoms with Gasteiger partial charge in [0.15, 0.2) is 0 Å². The second-order valence-electron chi connectivity index (χ2n) is 5.69. The average molecular weight is 290 g/mol. The molecular weight excluding hydrogens is 264 g/mol. The van der Waals surface area contributed by atoms with Gasteiger partial charge in [-0.25, -0.2) is 0 Å². The first-order valence-electron chi connectivity index (χ1n) is 7.85. The lowest BCUT2D eigenvalue weighted by Gasteiger charge is -2.26. The number of carbonyl (C=O) groups excluding carboxylic acids is 1. The van der Waals surface area contributed by atoms with Crippen molar-refractivity contribution in [2.75, 3.05) is 20.2 Å². The Balaban J connectivity index is 1.82. The van der Waals surface area contributed by atoms with E-state index in [2.05, 4.69) is 10.2 Å². The number of methoxy groups -OCH3 is 1. The topological polar surface area (TPSA) is 41.6 Å². The molecule has 0 radical (unpaired) electrons. The number of ether oxygens (including phenoxy) is 1. The van der Waals surface area contributed by atoms with Crippen molar-refractivity contribution in [2.24, 2.45) is 0 Å². The van der Waals surface area contributed by atoms with Crippen LogP contribution >= 0.6 is 0 Å². The van der Waals surface area contributed by atoms with Crippen LogP contribution in [0.4, 0.5) is 0 Å². The van der Waals surface area contributed by atoms with E-state index in [1.165, 1.54) is 25.7 Å². The van der Waals surface area contributed by atoms with Gasteiger partial charge >= 0.3 is 0 Å². The van der Waals surface area contributed by atoms with Crippen molar-refractivity contribution in [3.8, 4) is 5.75 Å². The molecule has 0 unspecified atom stereocenters. The smallest absolute Gasteiger partial charge is 0.237 e. The summed E-state index contributed by atoms with van der Waals surface area (Å²) in [4.78, 5) is 14.6. The maximum absolute atomic E-state index is 12.3. The number of hydrogen-bond donors (Lipinski definition) is 1. The van der Waals surface area contributed by atoms with E-state index in [0.717, 1.165) is 24.4 Å². The van der Waals surface area contributed by atoms with Crippen LogP contribution < -0.4 is 10.1 Å². The number of rotatable bonds is 5. The zero-order valence-electron chi connectivity index (χ0n) is 13.1. The summed E-state index contributed by atoms with van der Waals surface area (Å²) in [6.45, 7) is 4.66. The van der Waals surface area contributed by atoms with E-state index in [1.807, 2.05) is 31.2 Å². The summed E-state index contributed by atoms with van der Waals surface area (Å²) in [5, 5.41) is 3.03. The van der Waals surface area contributed by atoms with Crippen molar-refractivity contribution >= 4 is 5.91 Å². The Kier molecular flexibility index (Phi) is 6.05. The number of benzene rings is 1. The number of hydrogen-bond acceptors (Lipinski definition) is 3. The first-order chi connectivity index (χ1) is 10.2. The highest BCUT2D eigenvalue weighted by molar-refractivity contribution is 5.81. The van der Waals surface area contributed by atoms with Gasteiger partial charge in [0.05, 0.1) is 13.2 Å². The summed E-state index contributed by atoms with van der Waals surface area (Å²) in [5.74, 6) is 0.954. The normalized spacial score (nSPS) is 17.8. The molecule has 1 N–H and O–H groups in total. The molecule has 4 heteroatoms. The van der Waals surface area contributed by atoms with E-state index in [4.69, 9.17) is 4.74 Å². The third-order valence-corrected chi connectivity index (χ3v) is 4.19. The predicted octanol–water partition coefficient (Wildman–Crippen LogP) is 2.58. The maximum Gasteiger partial charge on any atom is 0.237 e. The van der Waals surface area contributed by atoms with Crippen LogP contribution in [0, 0.1) is 0 Å². The van der Waals surface area contributed by atoms with Crippen molar-refractivity contribution < 1.29 is 9.53 Å². The fourth-order valence-electron chi connectivity index (χ4n) is 2.73. The molecule has 2 rings (SSSR count). The minimum Gasteiger partial charge on any atom is -0.497 e. The van der Waals surface area contributed by atoms with E-state index in [9.17, 15) is 4.79 Å². The molecule has 1 heterocycles. The molecule has 116 valence electrons. The van der Waals surface area contributed by atoms with Crippen LogP contribution in [0.1, 0.15) is 38.2 Å². The quantitative estimate of drug-likeness (QED) is 0.906. The van der Waals surface area contributed by atoms with E-state index in [1.54, 1.807) is 7.11 Å². The number of carbonyl (C=O) groups is 1. The molecule has 1 aromatic carbocycles. The maximum atomic E-state index is 12.3. The van der Waals surface area contributed by atoms with Gasteiger partial charge in [0.1, 0.15) is 5.75 Å². The van der Waals surface area contributed by atoms with Gasteiger partial charge in [0.25, 0.3) is 0 Å². The van der Waals surface area contributed by atoms with Crippen LogP contribution in [0.25, 0.3) is 0 Å². The van der Waals surface area contributed by atoms with Gasteiger partial charge in [-0.2, -0.15) is 0 Å². The van der Waals surface area contributed by atoms with Gasteiger partial charge in [-0.05, 0) is 50.6 Å². The monoisotopic (exact) mass is 290 g/mol. The molecule has 21 heavy (non-hydrogen) atoms. The van der Waals surface area contributed by atoms with E-state index in [-0.39, 0.29) is 11.9 Å². The summed E-state index contributed by atoms with van der Waals surface area (Å²) < 4.78 is 5.13. The molecule has 1 fully saturated rings. The molecule has 0 spiro atoms. The van der Waals surface area contributed by atoms with Gasteiger partial charge < -0.3 is 10.1 Å². The van der Waals surface area contributed by atoms with Crippen LogP contribution in [0.15, 0.2) is 24.3 Å². The molecule has 1 aromatic rings. The minimum atomic E-state index is -0.0404. The number of amides is 1. The molecule has 0 bridgehead atoms. The third kappa shape index (κ3) is 4.74. The molecule has 1 atom stereocenters. The van der Waals surface area contributed by atoms with Gasteiger partial charge in [0.2, 0.25) is 5.91 Å². The lowest BCUT2D eigenvalue weighted by Crippen LogP contribution is -2.45. The molecule has 1 aliphatic rings. The Morgan fingerprint density at radius 2 is 1.81 bits per heavy atom. The SMILES string of the molecule is COc1ccc(CNC(=O)[C@@H](C)N2CCCCCC2)cc1. The first-order valence-corrected chi connectivity index (χ1v) is 7.85. The van der Waals surface area contributed by atoms with E-state index < -0.39 is 0 Å². The highest BCUT2D eigenvalue weighted by Crippen LogP contribution is 2.13. The van der Waals surface area contributed by atoms with E-state index >= 15 is 0 Å². The Morgan fingerprint density at radius 3 is 2.38 bits per heavy atom. The number of nitrogens with zero attached hydrogens (tertiary/aromatic N) is 1. The van der Waals surface area contributed by atoms with Crippen molar-refractivity contribution in [3.63, 3.8) is 0 Å². The highest BCUT2D eigenvalue weighted by Gasteiger charge is 2.21. The summed E-state index contributed by atoms with van der Waals surface area (Å²) in [7, 11) is 1.65. The van der Waals surface area contributed by atoms with Crippen molar-refractivity contribution in [2.45, 2.75) is 45.2 Å². The van der Waals surface area contributed by atoms with E-state index in [0.29, 0.717) is 6.54 Å². The third-order valence-electron chi connectivity index (χ3n) is 4.19. The number of nitrogens with one attached hydrogen (secondary N) is 1. The average Bonchev–Trinajstić information content (AvgIpc) is 2.81. The zero-order chi connectivity index (χ0) is 15.1. The largest absolute Gasteiger partial charge is 0.497 e. The Bertz CT molecular complexity index is 437. The second-order valence-corrected chi connectivity index (χ2v) is 5.69. The molecule has 1 amide bonds. The minimum absolute atomic E-state index is 0.0404. The van der Waals surface area contributed by atoms with Crippen molar-refractivity contribution in [3.05, 3.63) is 29.8 Å². The summed E-state index contributed by atoms with van der Waals surface area (Å²) in [6, 6.07) is 7.76. The zero-order valence-corrected chi connectivity index (χ0v) is 13.1. The highest BCUT2D eigenvalue weighted by atomic mass is 16.5. The van der Waals surface area contributed by atoms with Crippen LogP contribution in [-0.4, -0.2) is 37.0 Å².